The van der Waals surface area contributed by atoms with Crippen LogP contribution in [0.5, 0.6) is 0 Å². The van der Waals surface area contributed by atoms with Gasteiger partial charge >= 0.3 is 0 Å². The Bertz CT molecular complexity index is 850. The molecule has 0 amide bonds. The van der Waals surface area contributed by atoms with Crippen LogP contribution in [-0.4, -0.2) is 36.0 Å². The molecule has 0 fully saturated rings. The molecule has 1 aromatic heterocycles. The first-order chi connectivity index (χ1) is 13.2. The van der Waals surface area contributed by atoms with Crippen molar-refractivity contribution in [2.45, 2.75) is 31.5 Å². The minimum absolute atomic E-state index is 0.125. The Labute approximate surface area is 160 Å². The molecule has 5 heteroatoms. The number of aromatic nitrogens is 1. The summed E-state index contributed by atoms with van der Waals surface area (Å²) in [4.78, 5) is 6.97. The largest absolute Gasteiger partial charge is 0.388 e. The van der Waals surface area contributed by atoms with Crippen LogP contribution in [0.2, 0.25) is 0 Å². The molecule has 1 aromatic rings. The summed E-state index contributed by atoms with van der Waals surface area (Å²) in [5, 5.41) is 17.0. The van der Waals surface area contributed by atoms with Gasteiger partial charge in [0.1, 0.15) is 12.0 Å². The van der Waals surface area contributed by atoms with Gasteiger partial charge in [0.05, 0.1) is 11.8 Å². The van der Waals surface area contributed by atoms with Gasteiger partial charge in [0, 0.05) is 24.7 Å². The highest BCUT2D eigenvalue weighted by atomic mass is 16.3. The summed E-state index contributed by atoms with van der Waals surface area (Å²) in [5.74, 6) is 0.916. The summed E-state index contributed by atoms with van der Waals surface area (Å²) < 4.78 is 0. The van der Waals surface area contributed by atoms with Crippen LogP contribution in [0.25, 0.3) is 5.57 Å². The van der Waals surface area contributed by atoms with E-state index in [4.69, 9.17) is 4.98 Å². The molecule has 0 radical (unpaired) electrons. The number of allylic oxidation sites excluding steroid dienone is 4. The third-order valence-corrected chi connectivity index (χ3v) is 5.21. The zero-order valence-electron chi connectivity index (χ0n) is 15.6. The second kappa shape index (κ2) is 7.84. The second-order valence-corrected chi connectivity index (χ2v) is 7.09. The van der Waals surface area contributed by atoms with E-state index in [0.717, 1.165) is 42.0 Å². The SMILES string of the molecule is CN(CCC(O)C1=CCCC=C1)c1cccc(C2=C3C=CNC3NC=C2)n1. The molecule has 27 heavy (non-hydrogen) atoms. The van der Waals surface area contributed by atoms with E-state index in [9.17, 15) is 5.11 Å². The Balaban J connectivity index is 1.46. The predicted octanol–water partition coefficient (Wildman–Crippen LogP) is 2.86. The molecule has 5 nitrogen and oxygen atoms in total. The van der Waals surface area contributed by atoms with Gasteiger partial charge in [0.25, 0.3) is 0 Å². The summed E-state index contributed by atoms with van der Waals surface area (Å²) >= 11 is 0. The summed E-state index contributed by atoms with van der Waals surface area (Å²) in [5.41, 5.74) is 4.34. The van der Waals surface area contributed by atoms with Gasteiger partial charge in [-0.1, -0.05) is 24.3 Å². The van der Waals surface area contributed by atoms with Crippen molar-refractivity contribution in [1.29, 1.82) is 0 Å². The third-order valence-electron chi connectivity index (χ3n) is 5.21. The fourth-order valence-electron chi connectivity index (χ4n) is 3.62. The van der Waals surface area contributed by atoms with Crippen LogP contribution >= 0.6 is 0 Å². The second-order valence-electron chi connectivity index (χ2n) is 7.09. The van der Waals surface area contributed by atoms with Crippen LogP contribution in [0.3, 0.4) is 0 Å². The van der Waals surface area contributed by atoms with E-state index in [1.165, 1.54) is 5.57 Å². The van der Waals surface area contributed by atoms with Crippen molar-refractivity contribution >= 4 is 11.4 Å². The first-order valence-electron chi connectivity index (χ1n) is 9.55. The first kappa shape index (κ1) is 17.6. The maximum Gasteiger partial charge on any atom is 0.128 e. The number of hydrogen-bond donors (Lipinski definition) is 3. The highest BCUT2D eigenvalue weighted by molar-refractivity contribution is 5.79. The lowest BCUT2D eigenvalue weighted by molar-refractivity contribution is 0.205. The molecule has 0 bridgehead atoms. The summed E-state index contributed by atoms with van der Waals surface area (Å²) in [6, 6.07) is 6.11. The van der Waals surface area contributed by atoms with Gasteiger partial charge in [0.2, 0.25) is 0 Å². The minimum Gasteiger partial charge on any atom is -0.388 e. The van der Waals surface area contributed by atoms with Gasteiger partial charge in [-0.05, 0) is 61.5 Å². The number of nitrogens with one attached hydrogen (secondary N) is 2. The van der Waals surface area contributed by atoms with Crippen LogP contribution in [-0.2, 0) is 0 Å². The van der Waals surface area contributed by atoms with Crippen LogP contribution in [0.15, 0.2) is 72.1 Å². The van der Waals surface area contributed by atoms with Crippen molar-refractivity contribution in [3.63, 3.8) is 0 Å². The Hall–Kier alpha value is -2.79. The quantitative estimate of drug-likeness (QED) is 0.726. The van der Waals surface area contributed by atoms with E-state index < -0.39 is 6.10 Å². The van der Waals surface area contributed by atoms with Crippen LogP contribution in [0, 0.1) is 0 Å². The molecule has 140 valence electrons. The molecule has 4 rings (SSSR count). The molecular formula is C22H26N4O. The average Bonchev–Trinajstić information content (AvgIpc) is 3.21. The van der Waals surface area contributed by atoms with E-state index in [1.54, 1.807) is 0 Å². The Kier molecular flexibility index (Phi) is 5.12. The normalized spacial score (nSPS) is 21.4. The van der Waals surface area contributed by atoms with E-state index in [-0.39, 0.29) is 6.17 Å². The van der Waals surface area contributed by atoms with Crippen molar-refractivity contribution in [2.75, 3.05) is 18.5 Å². The highest BCUT2D eigenvalue weighted by Crippen LogP contribution is 2.27. The standard InChI is InChI=1S/C22H26N4O/c1-26(15-12-20(27)16-6-3-2-4-7-16)21-9-5-8-19(25-21)17-10-13-23-22-18(17)11-14-24-22/h3,5-11,13-14,20,22-24,27H,2,4,12,15H2,1H3. The number of fused-ring (bicyclic) bond motifs is 1. The minimum atomic E-state index is -0.417. The Morgan fingerprint density at radius 2 is 2.04 bits per heavy atom. The number of anilines is 1. The van der Waals surface area contributed by atoms with E-state index >= 15 is 0 Å². The van der Waals surface area contributed by atoms with E-state index in [1.807, 2.05) is 43.7 Å². The van der Waals surface area contributed by atoms with E-state index in [0.29, 0.717) is 6.42 Å². The molecule has 0 spiro atoms. The molecule has 0 aromatic carbocycles. The van der Waals surface area contributed by atoms with Crippen molar-refractivity contribution in [1.82, 2.24) is 15.6 Å². The van der Waals surface area contributed by atoms with Crippen LogP contribution < -0.4 is 15.5 Å². The molecule has 3 heterocycles. The van der Waals surface area contributed by atoms with Crippen molar-refractivity contribution in [3.8, 4) is 0 Å². The molecule has 3 N–H and O–H groups in total. The summed E-state index contributed by atoms with van der Waals surface area (Å²) in [7, 11) is 2.03. The zero-order valence-corrected chi connectivity index (χ0v) is 15.6. The monoisotopic (exact) mass is 362 g/mol. The number of nitrogens with zero attached hydrogens (tertiary/aromatic N) is 2. The number of aliphatic hydroxyl groups is 1. The lowest BCUT2D eigenvalue weighted by atomic mass is 10.00. The van der Waals surface area contributed by atoms with Gasteiger partial charge in [-0.2, -0.15) is 0 Å². The molecule has 2 unspecified atom stereocenters. The fraction of sp³-hybridized carbons (Fsp3) is 0.318. The molecule has 1 aliphatic carbocycles. The highest BCUT2D eigenvalue weighted by Gasteiger charge is 2.22. The third kappa shape index (κ3) is 3.83. The number of dihydropyridines is 1. The van der Waals surface area contributed by atoms with Crippen LogP contribution in [0.4, 0.5) is 5.82 Å². The van der Waals surface area contributed by atoms with Gasteiger partial charge in [0.15, 0.2) is 0 Å². The first-order valence-corrected chi connectivity index (χ1v) is 9.55. The van der Waals surface area contributed by atoms with Crippen molar-refractivity contribution in [2.24, 2.45) is 0 Å². The lowest BCUT2D eigenvalue weighted by Gasteiger charge is -2.23. The van der Waals surface area contributed by atoms with Gasteiger partial charge in [-0.15, -0.1) is 0 Å². The summed E-state index contributed by atoms with van der Waals surface area (Å²) in [6.07, 6.45) is 16.9. The summed E-state index contributed by atoms with van der Waals surface area (Å²) in [6.45, 7) is 0.746. The fourth-order valence-corrected chi connectivity index (χ4v) is 3.62. The number of hydrogen-bond acceptors (Lipinski definition) is 5. The Morgan fingerprint density at radius 3 is 2.85 bits per heavy atom. The average molecular weight is 362 g/mol. The molecular weight excluding hydrogens is 336 g/mol. The molecule has 0 saturated carbocycles. The van der Waals surface area contributed by atoms with Gasteiger partial charge < -0.3 is 20.6 Å². The number of pyridine rings is 1. The maximum absolute atomic E-state index is 10.4. The van der Waals surface area contributed by atoms with Gasteiger partial charge in [-0.3, -0.25) is 0 Å². The molecule has 3 aliphatic rings. The number of aliphatic hydroxyl groups excluding tert-OH is 1. The number of rotatable bonds is 6. The van der Waals surface area contributed by atoms with Crippen molar-refractivity contribution < 1.29 is 5.11 Å². The Morgan fingerprint density at radius 1 is 1.19 bits per heavy atom. The molecule has 2 atom stereocenters. The molecule has 2 aliphatic heterocycles. The smallest absolute Gasteiger partial charge is 0.128 e. The predicted molar refractivity (Wildman–Crippen MR) is 110 cm³/mol. The van der Waals surface area contributed by atoms with Crippen molar-refractivity contribution in [3.05, 3.63) is 77.8 Å². The lowest BCUT2D eigenvalue weighted by Crippen LogP contribution is -2.36. The maximum atomic E-state index is 10.4. The van der Waals surface area contributed by atoms with Crippen LogP contribution in [0.1, 0.15) is 25.0 Å². The topological polar surface area (TPSA) is 60.4 Å². The molecule has 0 saturated heterocycles. The van der Waals surface area contributed by atoms with E-state index in [2.05, 4.69) is 39.8 Å². The van der Waals surface area contributed by atoms with Gasteiger partial charge in [-0.25, -0.2) is 4.98 Å². The zero-order chi connectivity index (χ0) is 18.6.